The Morgan fingerprint density at radius 3 is 2.29 bits per heavy atom. The van der Waals surface area contributed by atoms with Crippen LogP contribution >= 0.6 is 0 Å². The van der Waals surface area contributed by atoms with Gasteiger partial charge in [-0.25, -0.2) is 9.97 Å². The van der Waals surface area contributed by atoms with Crippen LogP contribution in [0.25, 0.3) is 0 Å². The maximum atomic E-state index is 12.1. The van der Waals surface area contributed by atoms with Crippen LogP contribution < -0.4 is 16.0 Å². The standard InChI is InChI=1S/C22H33N5O/c1-21(2)3-5-27(6-4-21)20-24-12-17(13-25-20)26-18-15-7-14-8-16(18)11-22(9-14,10-15)19(23)28/h12-16,18,26H,3-11H2,1-2H3,(H2,23,28). The Bertz CT molecular complexity index is 735. The average molecular weight is 384 g/mol. The Hall–Kier alpha value is -1.85. The summed E-state index contributed by atoms with van der Waals surface area (Å²) in [6.45, 7) is 6.74. The first-order valence-electron chi connectivity index (χ1n) is 11.0. The lowest BCUT2D eigenvalue weighted by atomic mass is 9.47. The van der Waals surface area contributed by atoms with Crippen molar-refractivity contribution in [1.29, 1.82) is 0 Å². The second-order valence-electron chi connectivity index (χ2n) is 10.7. The first kappa shape index (κ1) is 18.2. The summed E-state index contributed by atoms with van der Waals surface area (Å²) in [6.07, 6.45) is 11.6. The fraction of sp³-hybridized carbons (Fsp3) is 0.773. The first-order valence-corrected chi connectivity index (χ1v) is 11.0. The van der Waals surface area contributed by atoms with Crippen molar-refractivity contribution in [3.63, 3.8) is 0 Å². The lowest BCUT2D eigenvalue weighted by Crippen LogP contribution is -2.59. The van der Waals surface area contributed by atoms with Crippen molar-refractivity contribution >= 4 is 17.5 Å². The van der Waals surface area contributed by atoms with E-state index in [0.717, 1.165) is 44.0 Å². The van der Waals surface area contributed by atoms with E-state index in [0.29, 0.717) is 29.2 Å². The third kappa shape index (κ3) is 3.05. The smallest absolute Gasteiger partial charge is 0.225 e. The van der Waals surface area contributed by atoms with E-state index in [4.69, 9.17) is 5.73 Å². The Kier molecular flexibility index (Phi) is 4.11. The highest BCUT2D eigenvalue weighted by Gasteiger charge is 2.57. The van der Waals surface area contributed by atoms with Crippen molar-refractivity contribution in [2.75, 3.05) is 23.3 Å². The number of carbonyl (C=O) groups excluding carboxylic acids is 1. The molecule has 5 aliphatic rings. The van der Waals surface area contributed by atoms with Crippen LogP contribution in [-0.2, 0) is 4.79 Å². The molecular formula is C22H33N5O. The molecule has 2 atom stereocenters. The molecule has 3 N–H and O–H groups in total. The van der Waals surface area contributed by atoms with Crippen LogP contribution in [0.3, 0.4) is 0 Å². The highest BCUT2D eigenvalue weighted by molar-refractivity contribution is 5.81. The molecule has 0 spiro atoms. The topological polar surface area (TPSA) is 84.1 Å². The summed E-state index contributed by atoms with van der Waals surface area (Å²) in [4.78, 5) is 23.7. The fourth-order valence-electron chi connectivity index (χ4n) is 6.63. The number of aromatic nitrogens is 2. The zero-order chi connectivity index (χ0) is 19.5. The van der Waals surface area contributed by atoms with Gasteiger partial charge in [0.05, 0.1) is 18.1 Å². The lowest BCUT2D eigenvalue weighted by molar-refractivity contribution is -0.143. The second kappa shape index (κ2) is 6.33. The summed E-state index contributed by atoms with van der Waals surface area (Å²) >= 11 is 0. The number of rotatable bonds is 4. The molecular weight excluding hydrogens is 350 g/mol. The zero-order valence-corrected chi connectivity index (χ0v) is 17.2. The van der Waals surface area contributed by atoms with Gasteiger partial charge in [0, 0.05) is 24.5 Å². The molecule has 1 amide bonds. The molecule has 1 aromatic rings. The molecule has 4 saturated carbocycles. The lowest BCUT2D eigenvalue weighted by Gasteiger charge is -2.59. The number of nitrogens with zero attached hydrogens (tertiary/aromatic N) is 3. The van der Waals surface area contributed by atoms with Gasteiger partial charge in [-0.2, -0.15) is 0 Å². The highest BCUT2D eigenvalue weighted by atomic mass is 16.1. The van der Waals surface area contributed by atoms with Crippen molar-refractivity contribution in [3.8, 4) is 0 Å². The van der Waals surface area contributed by atoms with Gasteiger partial charge in [0.25, 0.3) is 0 Å². The van der Waals surface area contributed by atoms with E-state index in [-0.39, 0.29) is 11.3 Å². The molecule has 1 saturated heterocycles. The van der Waals surface area contributed by atoms with Crippen molar-refractivity contribution < 1.29 is 4.79 Å². The maximum Gasteiger partial charge on any atom is 0.225 e. The normalized spacial score (nSPS) is 38.4. The van der Waals surface area contributed by atoms with E-state index in [2.05, 4.69) is 34.0 Å². The number of primary amides is 1. The minimum absolute atomic E-state index is 0.0669. The van der Waals surface area contributed by atoms with Gasteiger partial charge in [-0.15, -0.1) is 0 Å². The molecule has 4 aliphatic carbocycles. The number of hydrogen-bond acceptors (Lipinski definition) is 5. The maximum absolute atomic E-state index is 12.1. The van der Waals surface area contributed by atoms with Crippen molar-refractivity contribution in [3.05, 3.63) is 12.4 Å². The van der Waals surface area contributed by atoms with Crippen LogP contribution in [0.2, 0.25) is 0 Å². The minimum Gasteiger partial charge on any atom is -0.379 e. The van der Waals surface area contributed by atoms with Crippen LogP contribution in [0.4, 0.5) is 11.6 Å². The molecule has 0 radical (unpaired) electrons. The fourth-order valence-corrected chi connectivity index (χ4v) is 6.63. The molecule has 1 aliphatic heterocycles. The predicted molar refractivity (Wildman–Crippen MR) is 110 cm³/mol. The third-order valence-electron chi connectivity index (χ3n) is 8.17. The van der Waals surface area contributed by atoms with Gasteiger partial charge in [-0.1, -0.05) is 13.8 Å². The largest absolute Gasteiger partial charge is 0.379 e. The van der Waals surface area contributed by atoms with Gasteiger partial charge in [0.15, 0.2) is 0 Å². The first-order chi connectivity index (χ1) is 13.3. The van der Waals surface area contributed by atoms with Crippen LogP contribution in [-0.4, -0.2) is 35.0 Å². The van der Waals surface area contributed by atoms with Crippen molar-refractivity contribution in [1.82, 2.24) is 9.97 Å². The number of nitrogens with one attached hydrogen (secondary N) is 1. The molecule has 4 bridgehead atoms. The van der Waals surface area contributed by atoms with E-state index in [1.807, 2.05) is 12.4 Å². The number of piperidine rings is 1. The molecule has 0 aromatic carbocycles. The van der Waals surface area contributed by atoms with Crippen molar-refractivity contribution in [2.45, 2.75) is 64.8 Å². The predicted octanol–water partition coefficient (Wildman–Crippen LogP) is 3.20. The molecule has 6 rings (SSSR count). The molecule has 28 heavy (non-hydrogen) atoms. The van der Waals surface area contributed by atoms with Crippen LogP contribution in [0.15, 0.2) is 12.4 Å². The van der Waals surface area contributed by atoms with Crippen LogP contribution in [0, 0.1) is 28.6 Å². The van der Waals surface area contributed by atoms with Gasteiger partial charge in [0.2, 0.25) is 11.9 Å². The summed E-state index contributed by atoms with van der Waals surface area (Å²) in [5.41, 5.74) is 7.02. The summed E-state index contributed by atoms with van der Waals surface area (Å²) in [6, 6.07) is 0.425. The highest BCUT2D eigenvalue weighted by Crippen LogP contribution is 2.60. The summed E-state index contributed by atoms with van der Waals surface area (Å²) < 4.78 is 0. The van der Waals surface area contributed by atoms with E-state index >= 15 is 0 Å². The monoisotopic (exact) mass is 383 g/mol. The Morgan fingerprint density at radius 2 is 1.71 bits per heavy atom. The SMILES string of the molecule is CC1(C)CCN(c2ncc(NC3C4CC5CC3CC(C(N)=O)(C5)C4)cn2)CC1. The Morgan fingerprint density at radius 1 is 1.11 bits per heavy atom. The van der Waals surface area contributed by atoms with E-state index in [1.165, 1.54) is 25.7 Å². The van der Waals surface area contributed by atoms with Gasteiger partial charge in [-0.05, 0) is 68.1 Å². The Labute approximate surface area is 167 Å². The second-order valence-corrected chi connectivity index (χ2v) is 10.7. The summed E-state index contributed by atoms with van der Waals surface area (Å²) in [7, 11) is 0. The molecule has 6 heteroatoms. The number of carbonyl (C=O) groups is 1. The number of hydrogen-bond donors (Lipinski definition) is 2. The number of anilines is 2. The van der Waals surface area contributed by atoms with E-state index in [1.54, 1.807) is 0 Å². The summed E-state index contributed by atoms with van der Waals surface area (Å²) in [5, 5.41) is 3.73. The minimum atomic E-state index is -0.225. The molecule has 6 nitrogen and oxygen atoms in total. The average Bonchev–Trinajstić information content (AvgIpc) is 2.65. The van der Waals surface area contributed by atoms with E-state index < -0.39 is 0 Å². The molecule has 2 heterocycles. The zero-order valence-electron chi connectivity index (χ0n) is 17.2. The number of nitrogens with two attached hydrogens (primary N) is 1. The molecule has 2 unspecified atom stereocenters. The Balaban J connectivity index is 1.26. The van der Waals surface area contributed by atoms with Gasteiger partial charge in [0.1, 0.15) is 0 Å². The van der Waals surface area contributed by atoms with Gasteiger partial charge in [-0.3, -0.25) is 4.79 Å². The molecule has 152 valence electrons. The molecule has 1 aromatic heterocycles. The summed E-state index contributed by atoms with van der Waals surface area (Å²) in [5.74, 6) is 2.55. The quantitative estimate of drug-likeness (QED) is 0.834. The van der Waals surface area contributed by atoms with Gasteiger partial charge < -0.3 is 16.0 Å². The third-order valence-corrected chi connectivity index (χ3v) is 8.17. The van der Waals surface area contributed by atoms with Crippen LogP contribution in [0.1, 0.15) is 58.8 Å². The van der Waals surface area contributed by atoms with Gasteiger partial charge >= 0.3 is 0 Å². The van der Waals surface area contributed by atoms with Crippen molar-refractivity contribution in [2.24, 2.45) is 34.3 Å². The van der Waals surface area contributed by atoms with Crippen LogP contribution in [0.5, 0.6) is 0 Å². The van der Waals surface area contributed by atoms with E-state index in [9.17, 15) is 4.79 Å². The molecule has 5 fully saturated rings. The number of amides is 1.